The Balaban J connectivity index is 1.75. The molecule has 2 aromatic carbocycles. The molecule has 23 heavy (non-hydrogen) atoms. The topological polar surface area (TPSA) is 49.4 Å². The summed E-state index contributed by atoms with van der Waals surface area (Å²) in [7, 11) is 1.57. The Morgan fingerprint density at radius 2 is 1.96 bits per heavy atom. The molecule has 4 nitrogen and oxygen atoms in total. The number of nitrogens with zero attached hydrogens (tertiary/aromatic N) is 1. The van der Waals surface area contributed by atoms with Gasteiger partial charge in [0.25, 0.3) is 9.05 Å². The molecule has 0 bridgehead atoms. The van der Waals surface area contributed by atoms with Crippen LogP contribution in [0.3, 0.4) is 0 Å². The highest BCUT2D eigenvalue weighted by Gasteiger charge is 2.23. The van der Waals surface area contributed by atoms with Crippen LogP contribution in [0.2, 0.25) is 5.02 Å². The molecule has 1 aliphatic heterocycles. The Kier molecular flexibility index (Phi) is 5.08. The van der Waals surface area contributed by atoms with E-state index in [1.54, 1.807) is 6.07 Å². The average molecular weight is 389 g/mol. The van der Waals surface area contributed by atoms with Gasteiger partial charge in [0.1, 0.15) is 4.90 Å². The van der Waals surface area contributed by atoms with Crippen molar-refractivity contribution in [3.8, 4) is 0 Å². The van der Waals surface area contributed by atoms with Gasteiger partial charge in [-0.25, -0.2) is 12.7 Å². The minimum absolute atomic E-state index is 0.0567. The van der Waals surface area contributed by atoms with Crippen LogP contribution >= 0.6 is 34.2 Å². The molecule has 0 atom stereocenters. The summed E-state index contributed by atoms with van der Waals surface area (Å²) in [4.78, 5) is 0.742. The van der Waals surface area contributed by atoms with Crippen LogP contribution in [0.4, 0.5) is 5.69 Å². The molecule has 0 radical (unpaired) electrons. The van der Waals surface area contributed by atoms with E-state index in [9.17, 15) is 8.42 Å². The van der Waals surface area contributed by atoms with Crippen molar-refractivity contribution >= 4 is 49.0 Å². The van der Waals surface area contributed by atoms with Crippen molar-refractivity contribution in [3.05, 3.63) is 53.1 Å². The Hall–Kier alpha value is -0.920. The summed E-state index contributed by atoms with van der Waals surface area (Å²) in [6.45, 7) is 1.50. The molecule has 1 N–H and O–H groups in total. The zero-order chi connectivity index (χ0) is 16.4. The van der Waals surface area contributed by atoms with E-state index in [0.717, 1.165) is 23.5 Å². The highest BCUT2D eigenvalue weighted by atomic mass is 35.7. The van der Waals surface area contributed by atoms with Crippen LogP contribution in [-0.4, -0.2) is 25.9 Å². The predicted molar refractivity (Wildman–Crippen MR) is 95.7 cm³/mol. The largest absolute Gasteiger partial charge is 0.371 e. The SMILES string of the molecule is O=S(=O)(Cl)c1cc2c(cc1Cl)NCN(CCc1ccccc1)S2. The summed E-state index contributed by atoms with van der Waals surface area (Å²) in [5.74, 6) is 0. The van der Waals surface area contributed by atoms with Gasteiger partial charge in [0.15, 0.2) is 0 Å². The maximum Gasteiger partial charge on any atom is 0.262 e. The third-order valence-electron chi connectivity index (χ3n) is 3.46. The molecule has 0 aromatic heterocycles. The van der Waals surface area contributed by atoms with Crippen molar-refractivity contribution in [2.24, 2.45) is 0 Å². The molecule has 3 rings (SSSR count). The molecule has 122 valence electrons. The Bertz CT molecular complexity index is 814. The van der Waals surface area contributed by atoms with Crippen LogP contribution in [0, 0.1) is 0 Å². The molecule has 1 aliphatic rings. The second kappa shape index (κ2) is 6.91. The van der Waals surface area contributed by atoms with Crippen LogP contribution in [0.15, 0.2) is 52.3 Å². The third-order valence-corrected chi connectivity index (χ3v) is 6.35. The standard InChI is InChI=1S/C15H14Cl2N2O2S2/c16-12-8-13-14(9-15(12)23(17,20)21)22-19(10-18-13)7-6-11-4-2-1-3-5-11/h1-5,8-9,18H,6-7,10H2. The van der Waals surface area contributed by atoms with Gasteiger partial charge in [-0.3, -0.25) is 0 Å². The molecule has 0 saturated carbocycles. The quantitative estimate of drug-likeness (QED) is 0.627. The molecule has 1 heterocycles. The number of benzene rings is 2. The first-order valence-electron chi connectivity index (χ1n) is 6.92. The molecular weight excluding hydrogens is 375 g/mol. The monoisotopic (exact) mass is 388 g/mol. The van der Waals surface area contributed by atoms with Crippen molar-refractivity contribution in [2.45, 2.75) is 16.2 Å². The third kappa shape index (κ3) is 4.14. The Labute approximate surface area is 149 Å². The van der Waals surface area contributed by atoms with E-state index in [2.05, 4.69) is 21.8 Å². The molecule has 0 amide bonds. The van der Waals surface area contributed by atoms with Gasteiger partial charge >= 0.3 is 0 Å². The van der Waals surface area contributed by atoms with E-state index in [1.807, 2.05) is 18.2 Å². The van der Waals surface area contributed by atoms with E-state index >= 15 is 0 Å². The number of rotatable bonds is 4. The Morgan fingerprint density at radius 1 is 1.22 bits per heavy atom. The van der Waals surface area contributed by atoms with Gasteiger partial charge < -0.3 is 5.32 Å². The number of fused-ring (bicyclic) bond motifs is 1. The smallest absolute Gasteiger partial charge is 0.262 e. The molecule has 2 aromatic rings. The summed E-state index contributed by atoms with van der Waals surface area (Å²) >= 11 is 7.50. The highest BCUT2D eigenvalue weighted by molar-refractivity contribution is 8.13. The summed E-state index contributed by atoms with van der Waals surface area (Å²) in [6, 6.07) is 13.3. The van der Waals surface area contributed by atoms with E-state index < -0.39 is 9.05 Å². The lowest BCUT2D eigenvalue weighted by Crippen LogP contribution is -2.28. The number of hydrogen-bond donors (Lipinski definition) is 1. The lowest BCUT2D eigenvalue weighted by Gasteiger charge is -2.29. The fourth-order valence-corrected chi connectivity index (χ4v) is 4.89. The zero-order valence-corrected chi connectivity index (χ0v) is 15.1. The second-order valence-corrected chi connectivity index (χ2v) is 9.16. The Morgan fingerprint density at radius 3 is 2.65 bits per heavy atom. The van der Waals surface area contributed by atoms with Gasteiger partial charge in [-0.15, -0.1) is 0 Å². The molecule has 0 saturated heterocycles. The highest BCUT2D eigenvalue weighted by Crippen LogP contribution is 2.39. The summed E-state index contributed by atoms with van der Waals surface area (Å²) < 4.78 is 25.3. The van der Waals surface area contributed by atoms with Crippen molar-refractivity contribution < 1.29 is 8.42 Å². The summed E-state index contributed by atoms with van der Waals surface area (Å²) in [6.07, 6.45) is 0.916. The zero-order valence-electron chi connectivity index (χ0n) is 12.0. The van der Waals surface area contributed by atoms with Crippen LogP contribution in [0.5, 0.6) is 0 Å². The van der Waals surface area contributed by atoms with Gasteiger partial charge in [0, 0.05) is 22.1 Å². The number of halogens is 2. The first-order chi connectivity index (χ1) is 10.9. The lowest BCUT2D eigenvalue weighted by atomic mass is 10.1. The second-order valence-electron chi connectivity index (χ2n) is 5.08. The van der Waals surface area contributed by atoms with Crippen molar-refractivity contribution in [1.29, 1.82) is 0 Å². The number of hydrogen-bond acceptors (Lipinski definition) is 5. The maximum absolute atomic E-state index is 11.6. The van der Waals surface area contributed by atoms with Gasteiger partial charge in [0.2, 0.25) is 0 Å². The summed E-state index contributed by atoms with van der Waals surface area (Å²) in [5.41, 5.74) is 2.08. The van der Waals surface area contributed by atoms with Crippen molar-refractivity contribution in [2.75, 3.05) is 18.5 Å². The van der Waals surface area contributed by atoms with Crippen LogP contribution < -0.4 is 5.32 Å². The predicted octanol–water partition coefficient (Wildman–Crippen LogP) is 4.20. The van der Waals surface area contributed by atoms with E-state index in [0.29, 0.717) is 6.67 Å². The maximum atomic E-state index is 11.6. The van der Waals surface area contributed by atoms with Gasteiger partial charge in [-0.2, -0.15) is 0 Å². The molecule has 8 heteroatoms. The van der Waals surface area contributed by atoms with Gasteiger partial charge in [-0.05, 0) is 36.1 Å². The molecule has 0 unspecified atom stereocenters. The normalized spacial score (nSPS) is 15.0. The van der Waals surface area contributed by atoms with E-state index in [1.165, 1.54) is 23.6 Å². The number of nitrogens with one attached hydrogen (secondary N) is 1. The lowest BCUT2D eigenvalue weighted by molar-refractivity contribution is 0.500. The molecular formula is C15H14Cl2N2O2S2. The first-order valence-corrected chi connectivity index (χ1v) is 10.4. The van der Waals surface area contributed by atoms with Crippen LogP contribution in [0.1, 0.15) is 5.56 Å². The van der Waals surface area contributed by atoms with Crippen LogP contribution in [-0.2, 0) is 15.5 Å². The molecule has 0 fully saturated rings. The fraction of sp³-hybridized carbons (Fsp3) is 0.200. The minimum atomic E-state index is -3.86. The molecule has 0 spiro atoms. The average Bonchev–Trinajstić information content (AvgIpc) is 2.52. The van der Waals surface area contributed by atoms with E-state index in [4.69, 9.17) is 22.3 Å². The van der Waals surface area contributed by atoms with Crippen molar-refractivity contribution in [3.63, 3.8) is 0 Å². The van der Waals surface area contributed by atoms with Crippen LogP contribution in [0.25, 0.3) is 0 Å². The van der Waals surface area contributed by atoms with E-state index in [-0.39, 0.29) is 9.92 Å². The fourth-order valence-electron chi connectivity index (χ4n) is 2.30. The van der Waals surface area contributed by atoms with Gasteiger partial charge in [-0.1, -0.05) is 41.9 Å². The minimum Gasteiger partial charge on any atom is -0.371 e. The first kappa shape index (κ1) is 16.9. The van der Waals surface area contributed by atoms with Crippen molar-refractivity contribution in [1.82, 2.24) is 4.31 Å². The number of anilines is 1. The molecule has 0 aliphatic carbocycles. The van der Waals surface area contributed by atoms with Gasteiger partial charge in [0.05, 0.1) is 17.4 Å². The summed E-state index contributed by atoms with van der Waals surface area (Å²) in [5, 5.41) is 3.38.